The summed E-state index contributed by atoms with van der Waals surface area (Å²) in [4.78, 5) is 0. The van der Waals surface area contributed by atoms with E-state index in [4.69, 9.17) is 4.74 Å². The average Bonchev–Trinajstić information content (AvgIpc) is 2.68. The van der Waals surface area contributed by atoms with Crippen LogP contribution in [0.15, 0.2) is 16.7 Å². The lowest BCUT2D eigenvalue weighted by Crippen LogP contribution is -2.09. The second kappa shape index (κ2) is 4.76. The van der Waals surface area contributed by atoms with Gasteiger partial charge < -0.3 is 9.84 Å². The van der Waals surface area contributed by atoms with Crippen LogP contribution in [0.1, 0.15) is 17.5 Å². The smallest absolute Gasteiger partial charge is 0.233 e. The Kier molecular flexibility index (Phi) is 3.34. The van der Waals surface area contributed by atoms with Crippen molar-refractivity contribution in [1.29, 1.82) is 0 Å². The minimum Gasteiger partial charge on any atom is -0.480 e. The lowest BCUT2D eigenvalue weighted by Gasteiger charge is -2.09. The Balaban J connectivity index is 2.33. The van der Waals surface area contributed by atoms with Crippen molar-refractivity contribution >= 4 is 15.9 Å². The summed E-state index contributed by atoms with van der Waals surface area (Å²) in [5, 5.41) is 25.4. The molecule has 1 N–H and O–H groups in total. The maximum atomic E-state index is 10.1. The van der Waals surface area contributed by atoms with Crippen LogP contribution in [0, 0.1) is 0 Å². The van der Waals surface area contributed by atoms with E-state index in [1.165, 1.54) is 11.8 Å². The molecular formula is C9H10BrN5O2. The maximum absolute atomic E-state index is 10.1. The van der Waals surface area contributed by atoms with E-state index in [0.29, 0.717) is 21.9 Å². The van der Waals surface area contributed by atoms with Crippen molar-refractivity contribution in [3.8, 4) is 5.88 Å². The van der Waals surface area contributed by atoms with Crippen LogP contribution in [-0.2, 0) is 7.05 Å². The van der Waals surface area contributed by atoms with Gasteiger partial charge in [-0.05, 0) is 22.0 Å². The van der Waals surface area contributed by atoms with Crippen molar-refractivity contribution in [1.82, 2.24) is 25.2 Å². The summed E-state index contributed by atoms with van der Waals surface area (Å²) >= 11 is 3.22. The number of aromatic nitrogens is 5. The minimum atomic E-state index is -0.942. The Morgan fingerprint density at radius 3 is 2.59 bits per heavy atom. The Morgan fingerprint density at radius 2 is 2.12 bits per heavy atom. The van der Waals surface area contributed by atoms with Crippen LogP contribution in [0.2, 0.25) is 0 Å². The fraction of sp³-hybridized carbons (Fsp3) is 0.333. The summed E-state index contributed by atoms with van der Waals surface area (Å²) in [5.41, 5.74) is 0.918. The van der Waals surface area contributed by atoms with E-state index in [9.17, 15) is 5.11 Å². The molecule has 2 aromatic rings. The van der Waals surface area contributed by atoms with Crippen molar-refractivity contribution in [2.45, 2.75) is 6.10 Å². The van der Waals surface area contributed by atoms with E-state index in [-0.39, 0.29) is 0 Å². The van der Waals surface area contributed by atoms with Gasteiger partial charge in [-0.15, -0.1) is 15.3 Å². The molecule has 1 atom stereocenters. The minimum absolute atomic E-state index is 0.392. The third kappa shape index (κ3) is 2.27. The second-order valence-electron chi connectivity index (χ2n) is 3.29. The highest BCUT2D eigenvalue weighted by Gasteiger charge is 2.21. The number of rotatable bonds is 3. The predicted molar refractivity (Wildman–Crippen MR) is 61.3 cm³/mol. The summed E-state index contributed by atoms with van der Waals surface area (Å²) in [5.74, 6) is 0.392. The molecule has 0 saturated carbocycles. The van der Waals surface area contributed by atoms with Crippen molar-refractivity contribution in [3.63, 3.8) is 0 Å². The number of aliphatic hydroxyl groups excluding tert-OH is 1. The molecule has 0 aromatic carbocycles. The van der Waals surface area contributed by atoms with E-state index in [1.807, 2.05) is 0 Å². The van der Waals surface area contributed by atoms with Crippen molar-refractivity contribution < 1.29 is 9.84 Å². The van der Waals surface area contributed by atoms with Gasteiger partial charge in [-0.1, -0.05) is 5.21 Å². The van der Waals surface area contributed by atoms with Crippen LogP contribution in [0.5, 0.6) is 5.88 Å². The van der Waals surface area contributed by atoms with Crippen molar-refractivity contribution in [2.24, 2.45) is 7.05 Å². The van der Waals surface area contributed by atoms with Gasteiger partial charge in [0.25, 0.3) is 0 Å². The van der Waals surface area contributed by atoms with Crippen LogP contribution in [0.25, 0.3) is 0 Å². The molecule has 1 unspecified atom stereocenters. The Bertz CT molecular complexity index is 493. The zero-order valence-electron chi connectivity index (χ0n) is 9.20. The zero-order chi connectivity index (χ0) is 12.4. The highest BCUT2D eigenvalue weighted by Crippen LogP contribution is 2.25. The number of ether oxygens (including phenoxy) is 1. The number of methoxy groups -OCH3 is 1. The molecule has 2 rings (SSSR count). The van der Waals surface area contributed by atoms with Gasteiger partial charge in [-0.2, -0.15) is 0 Å². The fourth-order valence-corrected chi connectivity index (χ4v) is 1.90. The van der Waals surface area contributed by atoms with Crippen LogP contribution >= 0.6 is 15.9 Å². The number of halogens is 1. The molecule has 0 bridgehead atoms. The monoisotopic (exact) mass is 299 g/mol. The molecule has 0 saturated heterocycles. The first-order chi connectivity index (χ1) is 8.13. The number of aryl methyl sites for hydroxylation is 1. The summed E-state index contributed by atoms with van der Waals surface area (Å²) in [6.07, 6.45) is -0.942. The van der Waals surface area contributed by atoms with Gasteiger partial charge in [0.15, 0.2) is 4.60 Å². The molecule has 0 aliphatic heterocycles. The topological polar surface area (TPSA) is 86.0 Å². The average molecular weight is 300 g/mol. The molecule has 0 amide bonds. The third-order valence-electron chi connectivity index (χ3n) is 2.24. The van der Waals surface area contributed by atoms with Gasteiger partial charge in [0.1, 0.15) is 11.8 Å². The van der Waals surface area contributed by atoms with E-state index < -0.39 is 6.10 Å². The highest BCUT2D eigenvalue weighted by molar-refractivity contribution is 9.10. The van der Waals surface area contributed by atoms with Gasteiger partial charge in [-0.25, -0.2) is 4.68 Å². The molecule has 0 fully saturated rings. The van der Waals surface area contributed by atoms with E-state index in [0.717, 1.165) is 0 Å². The Morgan fingerprint density at radius 1 is 1.35 bits per heavy atom. The number of nitrogens with zero attached hydrogens (tertiary/aromatic N) is 5. The van der Waals surface area contributed by atoms with Crippen molar-refractivity contribution in [2.75, 3.05) is 7.11 Å². The summed E-state index contributed by atoms with van der Waals surface area (Å²) in [6, 6.07) is 3.26. The van der Waals surface area contributed by atoms with Crippen LogP contribution < -0.4 is 4.74 Å². The van der Waals surface area contributed by atoms with Gasteiger partial charge in [0.05, 0.1) is 12.8 Å². The van der Waals surface area contributed by atoms with E-state index >= 15 is 0 Å². The number of hydrogen-bond donors (Lipinski definition) is 1. The normalized spacial score (nSPS) is 12.5. The molecule has 2 aromatic heterocycles. The quantitative estimate of drug-likeness (QED) is 0.886. The fourth-order valence-electron chi connectivity index (χ4n) is 1.35. The van der Waals surface area contributed by atoms with Crippen molar-refractivity contribution in [3.05, 3.63) is 28.1 Å². The summed E-state index contributed by atoms with van der Waals surface area (Å²) in [6.45, 7) is 0. The number of aliphatic hydroxyl groups is 1. The highest BCUT2D eigenvalue weighted by atomic mass is 79.9. The molecule has 90 valence electrons. The standard InChI is InChI=1S/C9H10BrN5O2/c1-15-7(9(10)13-14-15)8(16)5-3-4-6(17-2)12-11-5/h3-4,8,16H,1-2H3. The summed E-state index contributed by atoms with van der Waals surface area (Å²) in [7, 11) is 3.19. The van der Waals surface area contributed by atoms with Crippen LogP contribution in [-0.4, -0.2) is 37.4 Å². The summed E-state index contributed by atoms with van der Waals surface area (Å²) < 4.78 is 6.84. The van der Waals surface area contributed by atoms with E-state index in [1.54, 1.807) is 19.2 Å². The van der Waals surface area contributed by atoms with Crippen LogP contribution in [0.3, 0.4) is 0 Å². The molecule has 0 aliphatic rings. The first kappa shape index (κ1) is 11.9. The molecule has 17 heavy (non-hydrogen) atoms. The third-order valence-corrected chi connectivity index (χ3v) is 2.80. The maximum Gasteiger partial charge on any atom is 0.233 e. The van der Waals surface area contributed by atoms with Crippen LogP contribution in [0.4, 0.5) is 0 Å². The predicted octanol–water partition coefficient (Wildman–Crippen LogP) is 0.458. The number of hydrogen-bond acceptors (Lipinski definition) is 6. The van der Waals surface area contributed by atoms with E-state index in [2.05, 4.69) is 36.4 Å². The molecule has 8 heteroatoms. The molecular weight excluding hydrogens is 290 g/mol. The van der Waals surface area contributed by atoms with Gasteiger partial charge >= 0.3 is 0 Å². The van der Waals surface area contributed by atoms with Gasteiger partial charge in [0, 0.05) is 13.1 Å². The molecule has 0 spiro atoms. The lowest BCUT2D eigenvalue weighted by molar-refractivity contribution is 0.202. The largest absolute Gasteiger partial charge is 0.480 e. The molecule has 7 nitrogen and oxygen atoms in total. The molecule has 0 radical (unpaired) electrons. The van der Waals surface area contributed by atoms with Gasteiger partial charge in [0.2, 0.25) is 5.88 Å². The van der Waals surface area contributed by atoms with Gasteiger partial charge in [-0.3, -0.25) is 0 Å². The zero-order valence-corrected chi connectivity index (χ0v) is 10.8. The molecule has 0 aliphatic carbocycles. The SMILES string of the molecule is COc1ccc(C(O)c2c(Br)nnn2C)nn1. The molecule has 2 heterocycles. The second-order valence-corrected chi connectivity index (χ2v) is 4.04. The first-order valence-corrected chi connectivity index (χ1v) is 5.53. The first-order valence-electron chi connectivity index (χ1n) is 4.74. The Hall–Kier alpha value is -1.54. The Labute approximate surface area is 106 Å². The lowest BCUT2D eigenvalue weighted by atomic mass is 10.2.